The molecule has 3 aromatic heterocycles. The number of imide groups is 1. The van der Waals surface area contributed by atoms with Gasteiger partial charge >= 0.3 is 6.03 Å². The molecular weight excluding hydrogens is 692 g/mol. The average Bonchev–Trinajstić information content (AvgIpc) is 3.72. The number of urea groups is 1. The van der Waals surface area contributed by atoms with E-state index in [1.54, 1.807) is 15.8 Å². The molecule has 3 fully saturated rings. The summed E-state index contributed by atoms with van der Waals surface area (Å²) < 4.78 is 8.12. The molecule has 2 aromatic carbocycles. The van der Waals surface area contributed by atoms with Gasteiger partial charge in [-0.2, -0.15) is 5.10 Å². The Morgan fingerprint density at radius 2 is 1.66 bits per heavy atom. The van der Waals surface area contributed by atoms with Crippen molar-refractivity contribution < 1.29 is 14.3 Å². The molecule has 0 spiro atoms. The van der Waals surface area contributed by atoms with Gasteiger partial charge in [-0.05, 0) is 88.1 Å². The largest absolute Gasteiger partial charge is 0.453 e. The van der Waals surface area contributed by atoms with Crippen molar-refractivity contribution in [1.29, 1.82) is 0 Å². The highest BCUT2D eigenvalue weighted by Crippen LogP contribution is 2.38. The van der Waals surface area contributed by atoms with Crippen LogP contribution in [0.15, 0.2) is 60.9 Å². The summed E-state index contributed by atoms with van der Waals surface area (Å²) in [6.07, 6.45) is 6.12. The summed E-state index contributed by atoms with van der Waals surface area (Å²) in [7, 11) is 1.88. The Balaban J connectivity index is 0.854. The third kappa shape index (κ3) is 7.15. The summed E-state index contributed by atoms with van der Waals surface area (Å²) in [6.45, 7) is 13.1. The fourth-order valence-corrected chi connectivity index (χ4v) is 8.25. The number of anilines is 3. The van der Waals surface area contributed by atoms with E-state index in [4.69, 9.17) is 16.3 Å². The predicted octanol–water partition coefficient (Wildman–Crippen LogP) is 6.38. The zero-order valence-electron chi connectivity index (χ0n) is 30.6. The van der Waals surface area contributed by atoms with E-state index >= 15 is 0 Å². The fourth-order valence-electron chi connectivity index (χ4n) is 8.07. The van der Waals surface area contributed by atoms with E-state index in [2.05, 4.69) is 78.2 Å². The number of rotatable bonds is 8. The maximum atomic E-state index is 12.2. The maximum absolute atomic E-state index is 12.2. The van der Waals surface area contributed by atoms with Crippen LogP contribution < -0.4 is 24.8 Å². The van der Waals surface area contributed by atoms with Crippen molar-refractivity contribution in [2.75, 3.05) is 60.5 Å². The number of aromatic amines is 1. The Morgan fingerprint density at radius 1 is 0.943 bits per heavy atom. The number of hydrogen-bond acceptors (Lipinski definition) is 9. The van der Waals surface area contributed by atoms with Crippen molar-refractivity contribution in [3.8, 4) is 22.9 Å². The minimum atomic E-state index is -0.350. The topological polar surface area (TPSA) is 128 Å². The van der Waals surface area contributed by atoms with Crippen LogP contribution in [0.5, 0.6) is 11.5 Å². The molecule has 3 saturated heterocycles. The van der Waals surface area contributed by atoms with Crippen molar-refractivity contribution in [3.63, 3.8) is 0 Å². The van der Waals surface area contributed by atoms with E-state index in [0.29, 0.717) is 52.4 Å². The van der Waals surface area contributed by atoms with Gasteiger partial charge < -0.3 is 19.5 Å². The molecule has 0 unspecified atom stereocenters. The molecule has 3 amide bonds. The zero-order chi connectivity index (χ0) is 36.9. The van der Waals surface area contributed by atoms with Gasteiger partial charge in [-0.1, -0.05) is 11.6 Å². The molecule has 2 N–H and O–H groups in total. The number of benzene rings is 2. The normalized spacial score (nSPS) is 18.5. The monoisotopic (exact) mass is 736 g/mol. The minimum absolute atomic E-state index is 0.0427. The van der Waals surface area contributed by atoms with Crippen molar-refractivity contribution in [2.45, 2.75) is 45.6 Å². The van der Waals surface area contributed by atoms with E-state index in [0.717, 1.165) is 74.7 Å². The van der Waals surface area contributed by atoms with E-state index in [1.807, 2.05) is 44.4 Å². The fraction of sp³-hybridized carbons (Fsp3) is 0.410. The highest BCUT2D eigenvalue weighted by molar-refractivity contribution is 6.32. The third-order valence-electron chi connectivity index (χ3n) is 10.8. The Hall–Kier alpha value is -5.14. The molecule has 0 atom stereocenters. The number of nitrogens with zero attached hydrogens (tertiary/aromatic N) is 8. The molecule has 14 heteroatoms. The number of hydrogen-bond donors (Lipinski definition) is 2. The summed E-state index contributed by atoms with van der Waals surface area (Å²) in [6, 6.07) is 16.0. The van der Waals surface area contributed by atoms with E-state index in [-0.39, 0.29) is 17.5 Å². The Kier molecular flexibility index (Phi) is 9.23. The van der Waals surface area contributed by atoms with Crippen molar-refractivity contribution in [3.05, 3.63) is 71.6 Å². The predicted molar refractivity (Wildman–Crippen MR) is 207 cm³/mol. The van der Waals surface area contributed by atoms with Crippen molar-refractivity contribution in [1.82, 2.24) is 34.9 Å². The Bertz CT molecular complexity index is 2140. The summed E-state index contributed by atoms with van der Waals surface area (Å²) in [5.74, 6) is 2.28. The Labute approximate surface area is 313 Å². The number of nitrogens with one attached hydrogen (secondary N) is 2. The first kappa shape index (κ1) is 34.9. The lowest BCUT2D eigenvalue weighted by Crippen LogP contribution is -2.60. The van der Waals surface area contributed by atoms with Crippen LogP contribution in [0.3, 0.4) is 0 Å². The molecule has 8 rings (SSSR count). The summed E-state index contributed by atoms with van der Waals surface area (Å²) in [5.41, 5.74) is 6.05. The summed E-state index contributed by atoms with van der Waals surface area (Å²) in [4.78, 5) is 45.4. The molecule has 0 aliphatic carbocycles. The van der Waals surface area contributed by atoms with Crippen LogP contribution in [0.2, 0.25) is 5.02 Å². The number of amides is 3. The Morgan fingerprint density at radius 3 is 2.34 bits per heavy atom. The van der Waals surface area contributed by atoms with Gasteiger partial charge in [0.25, 0.3) is 0 Å². The number of carbonyl (C=O) groups is 2. The number of pyridine rings is 1. The SMILES string of the molecule is Cc1nn(C)cc1-c1nc2ncc(Cl)c(Oc3ccc(N4CCN(CC5CCN(c6ccc(N7CCC(=O)NC7=O)cc6)CC5)CC4(C)C)cc3)c2[nH]1. The molecule has 53 heavy (non-hydrogen) atoms. The van der Waals surface area contributed by atoms with Gasteiger partial charge in [0, 0.05) is 88.1 Å². The number of piperazine rings is 1. The van der Waals surface area contributed by atoms with E-state index in [9.17, 15) is 9.59 Å². The second-order valence-electron chi connectivity index (χ2n) is 15.0. The lowest BCUT2D eigenvalue weighted by molar-refractivity contribution is -0.120. The maximum Gasteiger partial charge on any atom is 0.328 e. The highest BCUT2D eigenvalue weighted by atomic mass is 35.5. The molecule has 276 valence electrons. The summed E-state index contributed by atoms with van der Waals surface area (Å²) >= 11 is 6.60. The molecule has 0 bridgehead atoms. The second-order valence-corrected chi connectivity index (χ2v) is 15.4. The van der Waals surface area contributed by atoms with Gasteiger partial charge in [0.2, 0.25) is 5.91 Å². The van der Waals surface area contributed by atoms with Gasteiger partial charge in [-0.3, -0.25) is 24.6 Å². The van der Waals surface area contributed by atoms with Crippen LogP contribution >= 0.6 is 11.6 Å². The van der Waals surface area contributed by atoms with Crippen LogP contribution in [0.4, 0.5) is 21.9 Å². The van der Waals surface area contributed by atoms with Crippen LogP contribution in [0, 0.1) is 12.8 Å². The number of aromatic nitrogens is 5. The number of piperidine rings is 1. The first-order valence-electron chi connectivity index (χ1n) is 18.3. The minimum Gasteiger partial charge on any atom is -0.453 e. The number of fused-ring (bicyclic) bond motifs is 1. The van der Waals surface area contributed by atoms with Crippen LogP contribution in [0.25, 0.3) is 22.6 Å². The molecule has 6 heterocycles. The average molecular weight is 737 g/mol. The smallest absolute Gasteiger partial charge is 0.328 e. The molecule has 13 nitrogen and oxygen atoms in total. The lowest BCUT2D eigenvalue weighted by Gasteiger charge is -2.49. The first-order valence-corrected chi connectivity index (χ1v) is 18.7. The molecule has 3 aliphatic rings. The molecule has 3 aliphatic heterocycles. The standard InChI is InChI=1S/C39H45ClN10O3/c1-25-31(23-46(4)45-25)36-43-34-35(32(40)21-41-37(34)44-36)53-30-11-9-29(10-12-30)50-20-19-47(24-39(50,2)3)22-26-13-16-48(17-14-26)27-5-7-28(8-6-27)49-18-15-33(51)42-38(49)52/h5-12,21,23,26H,13-20,22,24H2,1-4H3,(H,41,43,44)(H,42,51,52). The summed E-state index contributed by atoms with van der Waals surface area (Å²) in [5, 5.41) is 7.24. The van der Waals surface area contributed by atoms with Gasteiger partial charge in [-0.15, -0.1) is 0 Å². The number of halogens is 1. The molecule has 0 saturated carbocycles. The highest BCUT2D eigenvalue weighted by Gasteiger charge is 2.35. The number of imidazole rings is 1. The number of H-pyrrole nitrogens is 1. The third-order valence-corrected chi connectivity index (χ3v) is 11.0. The second kappa shape index (κ2) is 14.0. The van der Waals surface area contributed by atoms with Gasteiger partial charge in [-0.25, -0.2) is 14.8 Å². The zero-order valence-corrected chi connectivity index (χ0v) is 31.4. The van der Waals surface area contributed by atoms with E-state index in [1.165, 1.54) is 5.69 Å². The van der Waals surface area contributed by atoms with Gasteiger partial charge in [0.1, 0.15) is 22.1 Å². The van der Waals surface area contributed by atoms with Crippen LogP contribution in [0.1, 0.15) is 38.8 Å². The van der Waals surface area contributed by atoms with Gasteiger partial charge in [0.15, 0.2) is 11.4 Å². The van der Waals surface area contributed by atoms with Crippen molar-refractivity contribution in [2.24, 2.45) is 13.0 Å². The van der Waals surface area contributed by atoms with Crippen LogP contribution in [-0.4, -0.2) is 92.9 Å². The van der Waals surface area contributed by atoms with E-state index < -0.39 is 0 Å². The number of ether oxygens (including phenoxy) is 1. The van der Waals surface area contributed by atoms with Gasteiger partial charge in [0.05, 0.1) is 17.5 Å². The number of carbonyl (C=O) groups excluding carboxylic acids is 2. The van der Waals surface area contributed by atoms with Crippen molar-refractivity contribution >= 4 is 51.8 Å². The quantitative estimate of drug-likeness (QED) is 0.187. The molecule has 0 radical (unpaired) electrons. The number of aryl methyl sites for hydroxylation is 2. The lowest BCUT2D eigenvalue weighted by atomic mass is 9.92. The first-order chi connectivity index (χ1) is 25.5. The molecular formula is C39H45ClN10O3. The van der Waals surface area contributed by atoms with Crippen LogP contribution in [-0.2, 0) is 11.8 Å². The molecule has 5 aromatic rings.